The molecule has 0 spiro atoms. The van der Waals surface area contributed by atoms with Crippen molar-refractivity contribution >= 4 is 11.6 Å². The molecule has 1 aromatic heterocycles. The van der Waals surface area contributed by atoms with E-state index in [0.29, 0.717) is 0 Å². The first-order valence-corrected chi connectivity index (χ1v) is 7.11. The number of nitrogens with one attached hydrogen (secondary N) is 1. The molecule has 4 nitrogen and oxygen atoms in total. The van der Waals surface area contributed by atoms with Gasteiger partial charge in [-0.05, 0) is 38.0 Å². The van der Waals surface area contributed by atoms with E-state index in [1.807, 2.05) is 7.05 Å². The lowest BCUT2D eigenvalue weighted by Crippen LogP contribution is -2.30. The maximum absolute atomic E-state index is 4.58. The van der Waals surface area contributed by atoms with E-state index in [1.54, 1.807) is 6.33 Å². The van der Waals surface area contributed by atoms with Crippen LogP contribution >= 0.6 is 0 Å². The van der Waals surface area contributed by atoms with Crippen molar-refractivity contribution < 1.29 is 0 Å². The predicted molar refractivity (Wildman–Crippen MR) is 74.0 cm³/mol. The molecule has 0 amide bonds. The van der Waals surface area contributed by atoms with Crippen LogP contribution in [-0.2, 0) is 6.42 Å². The molecule has 0 bridgehead atoms. The van der Waals surface area contributed by atoms with Gasteiger partial charge in [0.15, 0.2) is 0 Å². The molecular formula is C14H22N4. The van der Waals surface area contributed by atoms with Crippen molar-refractivity contribution in [2.45, 2.75) is 45.1 Å². The molecule has 0 unspecified atom stereocenters. The van der Waals surface area contributed by atoms with E-state index in [1.165, 1.54) is 43.6 Å². The molecule has 98 valence electrons. The molecule has 0 aliphatic heterocycles. The van der Waals surface area contributed by atoms with Crippen molar-refractivity contribution in [2.75, 3.05) is 23.8 Å². The normalized spacial score (nSPS) is 18.8. The highest BCUT2D eigenvalue weighted by molar-refractivity contribution is 5.59. The maximum atomic E-state index is 4.58. The first kappa shape index (κ1) is 11.8. The fraction of sp³-hybridized carbons (Fsp3) is 0.714. The minimum absolute atomic E-state index is 0.732. The highest BCUT2D eigenvalue weighted by atomic mass is 15.2. The Morgan fingerprint density at radius 2 is 2.06 bits per heavy atom. The summed E-state index contributed by atoms with van der Waals surface area (Å²) in [4.78, 5) is 11.5. The average molecular weight is 246 g/mol. The smallest absolute Gasteiger partial charge is 0.137 e. The summed E-state index contributed by atoms with van der Waals surface area (Å²) in [6, 6.07) is 0.732. The maximum Gasteiger partial charge on any atom is 0.137 e. The lowest BCUT2D eigenvalue weighted by atomic mass is 10.2. The molecule has 1 heterocycles. The van der Waals surface area contributed by atoms with E-state index in [0.717, 1.165) is 24.2 Å². The van der Waals surface area contributed by atoms with Crippen LogP contribution in [0.15, 0.2) is 6.33 Å². The Balaban J connectivity index is 1.91. The number of aromatic nitrogens is 2. The number of rotatable bonds is 6. The minimum Gasteiger partial charge on any atom is -0.373 e. The molecule has 18 heavy (non-hydrogen) atoms. The molecule has 2 aliphatic carbocycles. The van der Waals surface area contributed by atoms with E-state index in [2.05, 4.69) is 27.1 Å². The standard InChI is InChI=1S/C14H22N4/c1-3-12-13(15-2)16-9-17-14(12)18(11-6-7-11)8-10-4-5-10/h9-11H,3-8H2,1-2H3,(H,15,16,17). The van der Waals surface area contributed by atoms with E-state index < -0.39 is 0 Å². The first-order valence-electron chi connectivity index (χ1n) is 7.11. The zero-order chi connectivity index (χ0) is 12.5. The molecule has 2 fully saturated rings. The van der Waals surface area contributed by atoms with Gasteiger partial charge in [-0.1, -0.05) is 6.92 Å². The zero-order valence-electron chi connectivity index (χ0n) is 11.3. The van der Waals surface area contributed by atoms with Crippen LogP contribution in [0.3, 0.4) is 0 Å². The molecule has 2 aliphatic rings. The summed E-state index contributed by atoms with van der Waals surface area (Å²) < 4.78 is 0. The van der Waals surface area contributed by atoms with Gasteiger partial charge in [0.2, 0.25) is 0 Å². The second-order valence-corrected chi connectivity index (χ2v) is 5.45. The molecule has 1 N–H and O–H groups in total. The van der Waals surface area contributed by atoms with Crippen molar-refractivity contribution in [3.63, 3.8) is 0 Å². The number of hydrogen-bond donors (Lipinski definition) is 1. The van der Waals surface area contributed by atoms with Gasteiger partial charge in [0.1, 0.15) is 18.0 Å². The molecule has 3 rings (SSSR count). The van der Waals surface area contributed by atoms with Crippen LogP contribution in [0, 0.1) is 5.92 Å². The van der Waals surface area contributed by atoms with Crippen molar-refractivity contribution in [3.05, 3.63) is 11.9 Å². The monoisotopic (exact) mass is 246 g/mol. The van der Waals surface area contributed by atoms with Crippen LogP contribution in [0.25, 0.3) is 0 Å². The highest BCUT2D eigenvalue weighted by Gasteiger charge is 2.35. The van der Waals surface area contributed by atoms with Crippen LogP contribution in [-0.4, -0.2) is 29.6 Å². The second kappa shape index (κ2) is 4.75. The van der Waals surface area contributed by atoms with Crippen molar-refractivity contribution in [1.82, 2.24) is 9.97 Å². The summed E-state index contributed by atoms with van der Waals surface area (Å²) in [6.07, 6.45) is 8.13. The van der Waals surface area contributed by atoms with Crippen molar-refractivity contribution in [2.24, 2.45) is 5.92 Å². The van der Waals surface area contributed by atoms with Crippen LogP contribution in [0.2, 0.25) is 0 Å². The SMILES string of the molecule is CCc1c(NC)ncnc1N(CC1CC1)C1CC1. The summed E-state index contributed by atoms with van der Waals surface area (Å²) in [6.45, 7) is 3.38. The van der Waals surface area contributed by atoms with Gasteiger partial charge in [-0.3, -0.25) is 0 Å². The average Bonchev–Trinajstić information content (AvgIpc) is 3.27. The number of nitrogens with zero attached hydrogens (tertiary/aromatic N) is 3. The van der Waals surface area contributed by atoms with Gasteiger partial charge >= 0.3 is 0 Å². The Kier molecular flexibility index (Phi) is 3.10. The van der Waals surface area contributed by atoms with Gasteiger partial charge < -0.3 is 10.2 Å². The van der Waals surface area contributed by atoms with Crippen molar-refractivity contribution in [1.29, 1.82) is 0 Å². The largest absolute Gasteiger partial charge is 0.373 e. The Hall–Kier alpha value is -1.32. The summed E-state index contributed by atoms with van der Waals surface area (Å²) in [5.74, 6) is 3.07. The third kappa shape index (κ3) is 2.28. The number of anilines is 2. The van der Waals surface area contributed by atoms with Gasteiger partial charge in [0.25, 0.3) is 0 Å². The van der Waals surface area contributed by atoms with Gasteiger partial charge in [-0.15, -0.1) is 0 Å². The third-order valence-electron chi connectivity index (χ3n) is 3.92. The lowest BCUT2D eigenvalue weighted by molar-refractivity contribution is 0.703. The van der Waals surface area contributed by atoms with Crippen LogP contribution in [0.4, 0.5) is 11.6 Å². The molecule has 4 heteroatoms. The van der Waals surface area contributed by atoms with Crippen LogP contribution in [0.1, 0.15) is 38.2 Å². The Morgan fingerprint density at radius 1 is 1.28 bits per heavy atom. The molecule has 0 radical (unpaired) electrons. The van der Waals surface area contributed by atoms with E-state index in [4.69, 9.17) is 0 Å². The number of hydrogen-bond acceptors (Lipinski definition) is 4. The predicted octanol–water partition coefficient (Wildman–Crippen LogP) is 2.46. The Labute approximate surface area is 109 Å². The summed E-state index contributed by atoms with van der Waals surface area (Å²) in [5, 5.41) is 3.19. The summed E-state index contributed by atoms with van der Waals surface area (Å²) in [7, 11) is 1.94. The van der Waals surface area contributed by atoms with Crippen molar-refractivity contribution in [3.8, 4) is 0 Å². The Bertz CT molecular complexity index is 424. The topological polar surface area (TPSA) is 41.1 Å². The second-order valence-electron chi connectivity index (χ2n) is 5.45. The first-order chi connectivity index (χ1) is 8.83. The quantitative estimate of drug-likeness (QED) is 0.837. The minimum atomic E-state index is 0.732. The fourth-order valence-corrected chi connectivity index (χ4v) is 2.56. The molecule has 1 aromatic rings. The molecular weight excluding hydrogens is 224 g/mol. The van der Waals surface area contributed by atoms with E-state index in [-0.39, 0.29) is 0 Å². The van der Waals surface area contributed by atoms with Crippen LogP contribution in [0.5, 0.6) is 0 Å². The summed E-state index contributed by atoms with van der Waals surface area (Å²) >= 11 is 0. The van der Waals surface area contributed by atoms with E-state index >= 15 is 0 Å². The molecule has 0 atom stereocenters. The van der Waals surface area contributed by atoms with Gasteiger partial charge in [0, 0.05) is 25.2 Å². The van der Waals surface area contributed by atoms with E-state index in [9.17, 15) is 0 Å². The Morgan fingerprint density at radius 3 is 2.61 bits per heavy atom. The molecule has 0 aromatic carbocycles. The lowest BCUT2D eigenvalue weighted by Gasteiger charge is -2.26. The third-order valence-corrected chi connectivity index (χ3v) is 3.92. The fourth-order valence-electron chi connectivity index (χ4n) is 2.56. The zero-order valence-corrected chi connectivity index (χ0v) is 11.3. The molecule has 2 saturated carbocycles. The summed E-state index contributed by atoms with van der Waals surface area (Å²) in [5.41, 5.74) is 1.27. The van der Waals surface area contributed by atoms with Gasteiger partial charge in [-0.2, -0.15) is 0 Å². The van der Waals surface area contributed by atoms with Gasteiger partial charge in [-0.25, -0.2) is 9.97 Å². The highest BCUT2D eigenvalue weighted by Crippen LogP contribution is 2.38. The van der Waals surface area contributed by atoms with Crippen LogP contribution < -0.4 is 10.2 Å². The molecule has 0 saturated heterocycles. The van der Waals surface area contributed by atoms with Gasteiger partial charge in [0.05, 0.1) is 0 Å².